The second-order valence-corrected chi connectivity index (χ2v) is 7.28. The van der Waals surface area contributed by atoms with Crippen LogP contribution in [0.4, 0.5) is 0 Å². The Hall–Kier alpha value is -3.53. The van der Waals surface area contributed by atoms with Crippen LogP contribution in [0.1, 0.15) is 40.7 Å². The zero-order valence-electron chi connectivity index (χ0n) is 16.1. The van der Waals surface area contributed by atoms with Crippen LogP contribution in [0.25, 0.3) is 0 Å². The number of nitrogens with zero attached hydrogens (tertiary/aromatic N) is 1. The lowest BCUT2D eigenvalue weighted by Crippen LogP contribution is -2.38. The highest BCUT2D eigenvalue weighted by Crippen LogP contribution is 2.40. The van der Waals surface area contributed by atoms with Crippen LogP contribution in [0.5, 0.6) is 0 Å². The third-order valence-electron chi connectivity index (χ3n) is 5.32. The van der Waals surface area contributed by atoms with Crippen molar-refractivity contribution in [1.82, 2.24) is 0 Å². The first kappa shape index (κ1) is 18.8. The highest BCUT2D eigenvalue weighted by molar-refractivity contribution is 6.08. The molecule has 1 aliphatic rings. The molecule has 0 spiro atoms. The Labute approximate surface area is 169 Å². The Balaban J connectivity index is 1.73. The molecule has 1 heterocycles. The summed E-state index contributed by atoms with van der Waals surface area (Å²) in [6.07, 6.45) is 0.158. The predicted octanol–water partition coefficient (Wildman–Crippen LogP) is 4.81. The van der Waals surface area contributed by atoms with Gasteiger partial charge in [-0.3, -0.25) is 4.79 Å². The lowest BCUT2D eigenvalue weighted by molar-refractivity contribution is -0.139. The molecule has 4 nitrogen and oxygen atoms in total. The molecule has 3 aromatic rings. The molecule has 0 bridgehead atoms. The van der Waals surface area contributed by atoms with E-state index in [4.69, 9.17) is 4.74 Å². The number of Topliss-reactive ketones (excluding diaryl/α,β-unsaturated/α-hetero) is 1. The van der Waals surface area contributed by atoms with Crippen LogP contribution in [-0.2, 0) is 9.53 Å². The molecule has 0 saturated carbocycles. The van der Waals surface area contributed by atoms with E-state index in [0.717, 1.165) is 11.1 Å². The number of cyclic esters (lactones) is 1. The van der Waals surface area contributed by atoms with Crippen molar-refractivity contribution >= 4 is 17.7 Å². The molecule has 4 heteroatoms. The van der Waals surface area contributed by atoms with Crippen molar-refractivity contribution in [2.24, 2.45) is 4.99 Å². The molecule has 0 amide bonds. The molecule has 2 atom stereocenters. The van der Waals surface area contributed by atoms with Crippen LogP contribution in [0.3, 0.4) is 0 Å². The summed E-state index contributed by atoms with van der Waals surface area (Å²) in [7, 11) is 0. The number of ketones is 1. The van der Waals surface area contributed by atoms with E-state index in [1.165, 1.54) is 0 Å². The molecule has 0 aliphatic carbocycles. The second kappa shape index (κ2) is 7.84. The molecule has 3 aromatic carbocycles. The Bertz CT molecular complexity index is 1050. The molecule has 0 radical (unpaired) electrons. The van der Waals surface area contributed by atoms with Gasteiger partial charge in [-0.25, -0.2) is 9.79 Å². The second-order valence-electron chi connectivity index (χ2n) is 7.28. The van der Waals surface area contributed by atoms with Crippen LogP contribution in [0.15, 0.2) is 96.0 Å². The lowest BCUT2D eigenvalue weighted by atomic mass is 9.77. The quantitative estimate of drug-likeness (QED) is 0.454. The third-order valence-corrected chi connectivity index (χ3v) is 5.32. The molecule has 0 N–H and O–H groups in total. The minimum absolute atomic E-state index is 0.0307. The number of hydrogen-bond donors (Lipinski definition) is 0. The maximum atomic E-state index is 13.0. The van der Waals surface area contributed by atoms with Crippen molar-refractivity contribution in [2.45, 2.75) is 24.8 Å². The Morgan fingerprint density at radius 1 is 0.897 bits per heavy atom. The highest BCUT2D eigenvalue weighted by atomic mass is 16.6. The maximum Gasteiger partial charge on any atom is 0.341 e. The molecule has 1 aliphatic heterocycles. The van der Waals surface area contributed by atoms with Gasteiger partial charge in [0.25, 0.3) is 0 Å². The topological polar surface area (TPSA) is 55.7 Å². The van der Waals surface area contributed by atoms with Gasteiger partial charge in [-0.2, -0.15) is 0 Å². The number of benzene rings is 3. The van der Waals surface area contributed by atoms with Gasteiger partial charge < -0.3 is 4.74 Å². The number of aliphatic imine (C=N–C) groups is 1. The first-order valence-corrected chi connectivity index (χ1v) is 9.58. The van der Waals surface area contributed by atoms with Crippen LogP contribution >= 0.6 is 0 Å². The van der Waals surface area contributed by atoms with Crippen molar-refractivity contribution in [3.8, 4) is 0 Å². The van der Waals surface area contributed by atoms with E-state index < -0.39 is 17.4 Å². The molecule has 29 heavy (non-hydrogen) atoms. The Morgan fingerprint density at radius 2 is 1.45 bits per heavy atom. The van der Waals surface area contributed by atoms with Crippen molar-refractivity contribution < 1.29 is 14.3 Å². The smallest absolute Gasteiger partial charge is 0.341 e. The number of esters is 1. The summed E-state index contributed by atoms with van der Waals surface area (Å²) in [5.41, 5.74) is 1.06. The van der Waals surface area contributed by atoms with E-state index in [1.807, 2.05) is 78.9 Å². The van der Waals surface area contributed by atoms with Crippen LogP contribution in [0.2, 0.25) is 0 Å². The minimum atomic E-state index is -1.18. The van der Waals surface area contributed by atoms with Gasteiger partial charge in [-0.15, -0.1) is 0 Å². The number of ether oxygens (including phenoxy) is 1. The van der Waals surface area contributed by atoms with Crippen LogP contribution in [0, 0.1) is 0 Å². The van der Waals surface area contributed by atoms with E-state index in [9.17, 15) is 9.59 Å². The summed E-state index contributed by atoms with van der Waals surface area (Å²) in [6, 6.07) is 28.0. The fraction of sp³-hybridized carbons (Fsp3) is 0.160. The fourth-order valence-electron chi connectivity index (χ4n) is 3.65. The van der Waals surface area contributed by atoms with Crippen LogP contribution in [-0.4, -0.2) is 23.2 Å². The molecule has 0 aromatic heterocycles. The molecule has 0 fully saturated rings. The molecular formula is C25H21NO3. The van der Waals surface area contributed by atoms with Gasteiger partial charge in [0.2, 0.25) is 5.90 Å². The summed E-state index contributed by atoms with van der Waals surface area (Å²) in [4.78, 5) is 30.6. The van der Waals surface area contributed by atoms with E-state index >= 15 is 0 Å². The van der Waals surface area contributed by atoms with Gasteiger partial charge >= 0.3 is 5.97 Å². The summed E-state index contributed by atoms with van der Waals surface area (Å²) >= 11 is 0. The normalized spacial score (nSPS) is 19.3. The molecule has 4 rings (SSSR count). The van der Waals surface area contributed by atoms with Gasteiger partial charge in [0.1, 0.15) is 0 Å². The SMILES string of the molecule is C[C@@]1([C@@H](CC(=O)c2ccccc2)c2ccccc2)N=C(c2ccccc2)OC1=O. The van der Waals surface area contributed by atoms with E-state index in [1.54, 1.807) is 19.1 Å². The number of carbonyl (C=O) groups is 2. The van der Waals surface area contributed by atoms with Crippen LogP contribution < -0.4 is 0 Å². The summed E-state index contributed by atoms with van der Waals surface area (Å²) in [6.45, 7) is 1.75. The predicted molar refractivity (Wildman–Crippen MR) is 112 cm³/mol. The highest BCUT2D eigenvalue weighted by Gasteiger charge is 2.49. The average Bonchev–Trinajstić information content (AvgIpc) is 3.09. The number of hydrogen-bond acceptors (Lipinski definition) is 4. The minimum Gasteiger partial charge on any atom is -0.405 e. The number of carbonyl (C=O) groups excluding carboxylic acids is 2. The van der Waals surface area contributed by atoms with E-state index in [2.05, 4.69) is 4.99 Å². The Kier molecular flexibility index (Phi) is 5.09. The van der Waals surface area contributed by atoms with Gasteiger partial charge in [0.15, 0.2) is 11.3 Å². The van der Waals surface area contributed by atoms with Gasteiger partial charge in [-0.05, 0) is 24.6 Å². The summed E-state index contributed by atoms with van der Waals surface area (Å²) in [5.74, 6) is -0.612. The van der Waals surface area contributed by atoms with Gasteiger partial charge in [0, 0.05) is 23.5 Å². The first-order valence-electron chi connectivity index (χ1n) is 9.58. The zero-order valence-corrected chi connectivity index (χ0v) is 16.1. The number of rotatable bonds is 6. The maximum absolute atomic E-state index is 13.0. The van der Waals surface area contributed by atoms with Gasteiger partial charge in [-0.1, -0.05) is 78.9 Å². The molecule has 0 saturated heterocycles. The van der Waals surface area contributed by atoms with Gasteiger partial charge in [0.05, 0.1) is 0 Å². The average molecular weight is 383 g/mol. The summed E-state index contributed by atoms with van der Waals surface area (Å²) in [5, 5.41) is 0. The monoisotopic (exact) mass is 383 g/mol. The van der Waals surface area contributed by atoms with Crippen molar-refractivity contribution in [3.63, 3.8) is 0 Å². The molecule has 144 valence electrons. The fourth-order valence-corrected chi connectivity index (χ4v) is 3.65. The largest absolute Gasteiger partial charge is 0.405 e. The van der Waals surface area contributed by atoms with E-state index in [-0.39, 0.29) is 12.2 Å². The van der Waals surface area contributed by atoms with E-state index in [0.29, 0.717) is 11.5 Å². The molecule has 0 unspecified atom stereocenters. The van der Waals surface area contributed by atoms with Crippen molar-refractivity contribution in [1.29, 1.82) is 0 Å². The lowest BCUT2D eigenvalue weighted by Gasteiger charge is -2.28. The molecular weight excluding hydrogens is 362 g/mol. The standard InChI is InChI=1S/C25H21NO3/c1-25(24(28)29-23(26-25)20-15-9-4-10-16-20)21(18-11-5-2-6-12-18)17-22(27)19-13-7-3-8-14-19/h2-16,21H,17H2,1H3/t21-,25-/m0/s1. The Morgan fingerprint density at radius 3 is 2.07 bits per heavy atom. The van der Waals surface area contributed by atoms with Crippen molar-refractivity contribution in [3.05, 3.63) is 108 Å². The first-order chi connectivity index (χ1) is 14.1. The third kappa shape index (κ3) is 3.74. The zero-order chi connectivity index (χ0) is 20.3. The summed E-state index contributed by atoms with van der Waals surface area (Å²) < 4.78 is 5.55. The van der Waals surface area contributed by atoms with Crippen molar-refractivity contribution in [2.75, 3.05) is 0 Å².